The summed E-state index contributed by atoms with van der Waals surface area (Å²) in [6.45, 7) is 8.19. The summed E-state index contributed by atoms with van der Waals surface area (Å²) in [5, 5.41) is 3.54. The third kappa shape index (κ3) is 5.80. The van der Waals surface area contributed by atoms with Crippen LogP contribution in [0.15, 0.2) is 30.9 Å². The molecule has 0 amide bonds. The highest BCUT2D eigenvalue weighted by Gasteiger charge is 2.20. The van der Waals surface area contributed by atoms with Crippen LogP contribution in [-0.4, -0.2) is 19.3 Å². The topological polar surface area (TPSA) is 30.5 Å². The highest BCUT2D eigenvalue weighted by atomic mass is 16.5. The molecule has 1 aromatic rings. The van der Waals surface area contributed by atoms with E-state index in [-0.39, 0.29) is 0 Å². The molecular formula is C18H27NO2. The second-order valence-electron chi connectivity index (χ2n) is 5.55. The number of rotatable bonds is 11. The van der Waals surface area contributed by atoms with E-state index < -0.39 is 0 Å². The second kappa shape index (κ2) is 8.73. The van der Waals surface area contributed by atoms with Crippen LogP contribution in [0.25, 0.3) is 0 Å². The average molecular weight is 289 g/mol. The van der Waals surface area contributed by atoms with Crippen LogP contribution in [0.2, 0.25) is 0 Å². The van der Waals surface area contributed by atoms with Crippen molar-refractivity contribution >= 4 is 0 Å². The molecule has 1 fully saturated rings. The number of ether oxygens (including phenoxy) is 2. The first-order valence-electron chi connectivity index (χ1n) is 8.06. The Balaban J connectivity index is 1.95. The zero-order valence-corrected chi connectivity index (χ0v) is 13.1. The van der Waals surface area contributed by atoms with Gasteiger partial charge in [-0.15, -0.1) is 6.58 Å². The summed E-state index contributed by atoms with van der Waals surface area (Å²) in [6.07, 6.45) is 7.53. The van der Waals surface area contributed by atoms with Crippen LogP contribution in [0.3, 0.4) is 0 Å². The maximum absolute atomic E-state index is 5.94. The summed E-state index contributed by atoms with van der Waals surface area (Å²) in [5.41, 5.74) is 1.21. The van der Waals surface area contributed by atoms with Gasteiger partial charge in [0.25, 0.3) is 0 Å². The highest BCUT2D eigenvalue weighted by Crippen LogP contribution is 2.27. The van der Waals surface area contributed by atoms with Gasteiger partial charge in [0.2, 0.25) is 0 Å². The van der Waals surface area contributed by atoms with Gasteiger partial charge in [-0.25, -0.2) is 0 Å². The first-order valence-corrected chi connectivity index (χ1v) is 8.06. The number of allylic oxidation sites excluding steroid dienone is 1. The average Bonchev–Trinajstić information content (AvgIpc) is 3.32. The Kier molecular flexibility index (Phi) is 6.61. The smallest absolute Gasteiger partial charge is 0.127 e. The Morgan fingerprint density at radius 1 is 1.29 bits per heavy atom. The summed E-state index contributed by atoms with van der Waals surface area (Å²) in [7, 11) is 0. The summed E-state index contributed by atoms with van der Waals surface area (Å²) >= 11 is 0. The van der Waals surface area contributed by atoms with Gasteiger partial charge < -0.3 is 14.8 Å². The molecular weight excluding hydrogens is 262 g/mol. The van der Waals surface area contributed by atoms with Gasteiger partial charge in [0, 0.05) is 24.2 Å². The largest absolute Gasteiger partial charge is 0.493 e. The molecule has 3 nitrogen and oxygen atoms in total. The Bertz CT molecular complexity index is 441. The van der Waals surface area contributed by atoms with Crippen molar-refractivity contribution in [1.82, 2.24) is 5.32 Å². The summed E-state index contributed by atoms with van der Waals surface area (Å²) in [5.74, 6) is 1.84. The van der Waals surface area contributed by atoms with Crippen LogP contribution < -0.4 is 14.8 Å². The van der Waals surface area contributed by atoms with Crippen molar-refractivity contribution in [3.05, 3.63) is 36.4 Å². The Morgan fingerprint density at radius 3 is 2.86 bits per heavy atom. The molecule has 0 unspecified atom stereocenters. The molecule has 0 atom stereocenters. The van der Waals surface area contributed by atoms with Crippen molar-refractivity contribution in [2.24, 2.45) is 0 Å². The molecule has 1 aromatic carbocycles. The summed E-state index contributed by atoms with van der Waals surface area (Å²) < 4.78 is 11.6. The fourth-order valence-corrected chi connectivity index (χ4v) is 2.08. The number of hydrogen-bond acceptors (Lipinski definition) is 3. The van der Waals surface area contributed by atoms with E-state index in [0.29, 0.717) is 6.04 Å². The lowest BCUT2D eigenvalue weighted by atomic mass is 10.2. The lowest BCUT2D eigenvalue weighted by Crippen LogP contribution is -2.16. The predicted molar refractivity (Wildman–Crippen MR) is 87.0 cm³/mol. The fourth-order valence-electron chi connectivity index (χ4n) is 2.08. The van der Waals surface area contributed by atoms with Gasteiger partial charge >= 0.3 is 0 Å². The minimum atomic E-state index is 0.703. The summed E-state index contributed by atoms with van der Waals surface area (Å²) in [4.78, 5) is 0. The van der Waals surface area contributed by atoms with E-state index in [1.165, 1.54) is 18.4 Å². The van der Waals surface area contributed by atoms with E-state index in [0.717, 1.165) is 50.5 Å². The first kappa shape index (κ1) is 15.9. The van der Waals surface area contributed by atoms with Gasteiger partial charge in [-0.2, -0.15) is 0 Å². The normalized spacial score (nSPS) is 14.0. The second-order valence-corrected chi connectivity index (χ2v) is 5.55. The van der Waals surface area contributed by atoms with Crippen molar-refractivity contribution < 1.29 is 9.47 Å². The summed E-state index contributed by atoms with van der Waals surface area (Å²) in [6, 6.07) is 6.88. The van der Waals surface area contributed by atoms with Crippen LogP contribution in [0.5, 0.6) is 11.5 Å². The van der Waals surface area contributed by atoms with Crippen LogP contribution in [0.1, 0.15) is 44.6 Å². The molecule has 2 rings (SSSR count). The quantitative estimate of drug-likeness (QED) is 0.492. The molecule has 0 spiro atoms. The molecule has 116 valence electrons. The molecule has 1 N–H and O–H groups in total. The molecule has 1 aliphatic carbocycles. The van der Waals surface area contributed by atoms with Crippen LogP contribution >= 0.6 is 0 Å². The zero-order valence-electron chi connectivity index (χ0n) is 13.1. The highest BCUT2D eigenvalue weighted by molar-refractivity contribution is 5.40. The van der Waals surface area contributed by atoms with Crippen molar-refractivity contribution in [2.45, 2.75) is 51.6 Å². The van der Waals surface area contributed by atoms with E-state index >= 15 is 0 Å². The molecule has 0 heterocycles. The van der Waals surface area contributed by atoms with Crippen LogP contribution in [-0.2, 0) is 6.54 Å². The van der Waals surface area contributed by atoms with Crippen LogP contribution in [0.4, 0.5) is 0 Å². The number of nitrogens with one attached hydrogen (secondary N) is 1. The lowest BCUT2D eigenvalue weighted by molar-refractivity contribution is 0.296. The minimum Gasteiger partial charge on any atom is -0.493 e. The van der Waals surface area contributed by atoms with Gasteiger partial charge in [-0.05, 0) is 38.2 Å². The van der Waals surface area contributed by atoms with Crippen molar-refractivity contribution in [1.29, 1.82) is 0 Å². The Morgan fingerprint density at radius 2 is 2.14 bits per heavy atom. The van der Waals surface area contributed by atoms with E-state index in [2.05, 4.69) is 24.9 Å². The van der Waals surface area contributed by atoms with Gasteiger partial charge in [0.05, 0.1) is 13.2 Å². The SMILES string of the molecule is C=CCCCOc1cc(OCCC)ccc1CNC1CC1. The maximum Gasteiger partial charge on any atom is 0.127 e. The van der Waals surface area contributed by atoms with Crippen molar-refractivity contribution in [2.75, 3.05) is 13.2 Å². The fraction of sp³-hybridized carbons (Fsp3) is 0.556. The first-order chi connectivity index (χ1) is 10.3. The molecule has 0 radical (unpaired) electrons. The molecule has 21 heavy (non-hydrogen) atoms. The van der Waals surface area contributed by atoms with Gasteiger partial charge in [0.1, 0.15) is 11.5 Å². The number of unbranched alkanes of at least 4 members (excludes halogenated alkanes) is 1. The molecule has 0 aliphatic heterocycles. The third-order valence-electron chi connectivity index (χ3n) is 3.48. The minimum absolute atomic E-state index is 0.703. The van der Waals surface area contributed by atoms with E-state index in [1.54, 1.807) is 0 Å². The monoisotopic (exact) mass is 289 g/mol. The third-order valence-corrected chi connectivity index (χ3v) is 3.48. The van der Waals surface area contributed by atoms with E-state index in [1.807, 2.05) is 18.2 Å². The Labute approximate surface area is 128 Å². The van der Waals surface area contributed by atoms with Crippen molar-refractivity contribution in [3.63, 3.8) is 0 Å². The lowest BCUT2D eigenvalue weighted by Gasteiger charge is -2.14. The predicted octanol–water partition coefficient (Wildman–Crippen LogP) is 4.07. The molecule has 1 saturated carbocycles. The molecule has 0 aromatic heterocycles. The van der Waals surface area contributed by atoms with Gasteiger partial charge in [0.15, 0.2) is 0 Å². The number of benzene rings is 1. The van der Waals surface area contributed by atoms with E-state index in [9.17, 15) is 0 Å². The maximum atomic E-state index is 5.94. The van der Waals surface area contributed by atoms with Gasteiger partial charge in [-0.3, -0.25) is 0 Å². The van der Waals surface area contributed by atoms with Gasteiger partial charge in [-0.1, -0.05) is 19.1 Å². The standard InChI is InChI=1S/C18H27NO2/c1-3-5-6-12-21-18-13-17(20-11-4-2)10-7-15(18)14-19-16-8-9-16/h3,7,10,13,16,19H,1,4-6,8-9,11-12,14H2,2H3. The zero-order chi connectivity index (χ0) is 14.9. The number of hydrogen-bond donors (Lipinski definition) is 1. The molecule has 0 bridgehead atoms. The van der Waals surface area contributed by atoms with E-state index in [4.69, 9.17) is 9.47 Å². The van der Waals surface area contributed by atoms with Crippen LogP contribution in [0, 0.1) is 0 Å². The Hall–Kier alpha value is -1.48. The molecule has 3 heteroatoms. The molecule has 0 saturated heterocycles. The van der Waals surface area contributed by atoms with Crippen molar-refractivity contribution in [3.8, 4) is 11.5 Å². The molecule has 1 aliphatic rings.